The molecule has 0 fully saturated rings. The molecule has 0 aromatic heterocycles. The van der Waals surface area contributed by atoms with Crippen LogP contribution in [0.1, 0.15) is 45.6 Å². The van der Waals surface area contributed by atoms with E-state index in [1.54, 1.807) is 17.8 Å². The highest BCUT2D eigenvalue weighted by Crippen LogP contribution is 2.37. The SMILES string of the molecule is CC.CCCCC1CSc2cc(O)c(O)cc2CN1O.c1ccccc1. The summed E-state index contributed by atoms with van der Waals surface area (Å²) in [6.45, 7) is 6.53. The summed E-state index contributed by atoms with van der Waals surface area (Å²) in [4.78, 5) is 0.934. The third kappa shape index (κ3) is 7.28. The van der Waals surface area contributed by atoms with Gasteiger partial charge in [0.1, 0.15) is 0 Å². The lowest BCUT2D eigenvalue weighted by atomic mass is 10.1. The first-order valence-corrected chi connectivity index (χ1v) is 10.2. The van der Waals surface area contributed by atoms with Crippen molar-refractivity contribution in [3.8, 4) is 11.5 Å². The molecule has 26 heavy (non-hydrogen) atoms. The van der Waals surface area contributed by atoms with E-state index >= 15 is 0 Å². The zero-order valence-electron chi connectivity index (χ0n) is 15.9. The van der Waals surface area contributed by atoms with Crippen LogP contribution in [0, 0.1) is 0 Å². The maximum atomic E-state index is 10.1. The molecule has 144 valence electrons. The van der Waals surface area contributed by atoms with Gasteiger partial charge in [0.05, 0.1) is 6.54 Å². The summed E-state index contributed by atoms with van der Waals surface area (Å²) >= 11 is 1.62. The fraction of sp³-hybridized carbons (Fsp3) is 0.429. The Hall–Kier alpha value is -1.69. The predicted octanol–water partition coefficient (Wildman–Crippen LogP) is 5.67. The number of hydroxylamine groups is 2. The van der Waals surface area contributed by atoms with Crippen LogP contribution in [0.3, 0.4) is 0 Å². The molecule has 0 radical (unpaired) electrons. The van der Waals surface area contributed by atoms with Crippen molar-refractivity contribution in [3.63, 3.8) is 0 Å². The number of benzene rings is 2. The van der Waals surface area contributed by atoms with Crippen molar-refractivity contribution in [1.82, 2.24) is 5.06 Å². The molecule has 0 saturated carbocycles. The third-order valence-corrected chi connectivity index (χ3v) is 5.14. The van der Waals surface area contributed by atoms with Gasteiger partial charge in [0.15, 0.2) is 11.5 Å². The summed E-state index contributed by atoms with van der Waals surface area (Å²) in [6, 6.07) is 15.2. The molecule has 0 saturated heterocycles. The Balaban J connectivity index is 0.000000353. The summed E-state index contributed by atoms with van der Waals surface area (Å²) in [5, 5.41) is 30.4. The fourth-order valence-corrected chi connectivity index (χ4v) is 3.71. The minimum atomic E-state index is -0.130. The Kier molecular flexibility index (Phi) is 10.9. The highest BCUT2D eigenvalue weighted by atomic mass is 32.2. The number of hydrogen-bond donors (Lipinski definition) is 3. The molecule has 1 unspecified atom stereocenters. The van der Waals surface area contributed by atoms with E-state index in [2.05, 4.69) is 6.92 Å². The van der Waals surface area contributed by atoms with Crippen LogP contribution in [0.15, 0.2) is 53.4 Å². The number of phenols is 2. The van der Waals surface area contributed by atoms with Crippen molar-refractivity contribution in [2.24, 2.45) is 0 Å². The molecule has 0 bridgehead atoms. The number of aromatic hydroxyl groups is 2. The Labute approximate surface area is 161 Å². The molecule has 1 aliphatic heterocycles. The van der Waals surface area contributed by atoms with Gasteiger partial charge in [0.2, 0.25) is 0 Å². The average Bonchev–Trinajstić information content (AvgIpc) is 2.82. The van der Waals surface area contributed by atoms with E-state index in [1.807, 2.05) is 50.2 Å². The Morgan fingerprint density at radius 2 is 1.54 bits per heavy atom. The van der Waals surface area contributed by atoms with Gasteiger partial charge >= 0.3 is 0 Å². The van der Waals surface area contributed by atoms with Crippen LogP contribution in [0.2, 0.25) is 0 Å². The smallest absolute Gasteiger partial charge is 0.158 e. The minimum Gasteiger partial charge on any atom is -0.504 e. The maximum Gasteiger partial charge on any atom is 0.158 e. The van der Waals surface area contributed by atoms with E-state index in [9.17, 15) is 15.4 Å². The Morgan fingerprint density at radius 1 is 1.00 bits per heavy atom. The minimum absolute atomic E-state index is 0.0993. The number of rotatable bonds is 3. The van der Waals surface area contributed by atoms with E-state index < -0.39 is 0 Å². The number of unbranched alkanes of at least 4 members (excludes halogenated alkanes) is 1. The topological polar surface area (TPSA) is 63.9 Å². The van der Waals surface area contributed by atoms with Gasteiger partial charge in [0, 0.05) is 16.7 Å². The van der Waals surface area contributed by atoms with Gasteiger partial charge in [0.25, 0.3) is 0 Å². The molecule has 1 atom stereocenters. The van der Waals surface area contributed by atoms with Crippen molar-refractivity contribution in [3.05, 3.63) is 54.1 Å². The third-order valence-electron chi connectivity index (χ3n) is 3.90. The van der Waals surface area contributed by atoms with E-state index in [0.717, 1.165) is 35.5 Å². The van der Waals surface area contributed by atoms with Gasteiger partial charge in [-0.1, -0.05) is 70.0 Å². The molecule has 0 spiro atoms. The zero-order chi connectivity index (χ0) is 19.4. The van der Waals surface area contributed by atoms with Crippen LogP contribution in [0.5, 0.6) is 11.5 Å². The van der Waals surface area contributed by atoms with Gasteiger partial charge in [-0.15, -0.1) is 11.8 Å². The van der Waals surface area contributed by atoms with E-state index in [-0.39, 0.29) is 17.5 Å². The maximum absolute atomic E-state index is 10.1. The van der Waals surface area contributed by atoms with Crippen LogP contribution in [-0.4, -0.2) is 32.3 Å². The molecule has 0 aliphatic carbocycles. The van der Waals surface area contributed by atoms with Crippen molar-refractivity contribution >= 4 is 11.8 Å². The van der Waals surface area contributed by atoms with Crippen LogP contribution < -0.4 is 0 Å². The molecule has 4 nitrogen and oxygen atoms in total. The zero-order valence-corrected chi connectivity index (χ0v) is 16.7. The number of thioether (sulfide) groups is 1. The summed E-state index contributed by atoms with van der Waals surface area (Å²) in [6.07, 6.45) is 3.17. The Morgan fingerprint density at radius 3 is 2.08 bits per heavy atom. The molecule has 3 N–H and O–H groups in total. The lowest BCUT2D eigenvalue weighted by Gasteiger charge is -2.22. The van der Waals surface area contributed by atoms with Gasteiger partial charge < -0.3 is 15.4 Å². The molecular weight excluding hydrogens is 346 g/mol. The first-order valence-electron chi connectivity index (χ1n) is 9.25. The van der Waals surface area contributed by atoms with Crippen molar-refractivity contribution in [1.29, 1.82) is 0 Å². The summed E-state index contributed by atoms with van der Waals surface area (Å²) in [5.74, 6) is 0.570. The first-order chi connectivity index (χ1) is 12.6. The Bertz CT molecular complexity index is 595. The predicted molar refractivity (Wildman–Crippen MR) is 109 cm³/mol. The second-order valence-electron chi connectivity index (χ2n) is 5.81. The monoisotopic (exact) mass is 377 g/mol. The number of hydrogen-bond acceptors (Lipinski definition) is 5. The van der Waals surface area contributed by atoms with Crippen molar-refractivity contribution < 1.29 is 15.4 Å². The van der Waals surface area contributed by atoms with Gasteiger partial charge in [-0.3, -0.25) is 0 Å². The summed E-state index contributed by atoms with van der Waals surface area (Å²) in [7, 11) is 0. The highest BCUT2D eigenvalue weighted by Gasteiger charge is 2.23. The standard InChI is InChI=1S/C13H19NO3S.C6H6.C2H6/c1-2-3-4-10-8-18-13-6-12(16)11(15)5-9(13)7-14(10)17;1-2-4-6-5-3-1;1-2/h5-6,10,15-17H,2-4,7-8H2,1H3;1-6H;1-2H3. The van der Waals surface area contributed by atoms with E-state index in [1.165, 1.54) is 11.1 Å². The highest BCUT2D eigenvalue weighted by molar-refractivity contribution is 7.99. The molecular formula is C21H31NO3S. The van der Waals surface area contributed by atoms with Crippen LogP contribution in [0.25, 0.3) is 0 Å². The summed E-state index contributed by atoms with van der Waals surface area (Å²) in [5.41, 5.74) is 0.858. The molecule has 1 aliphatic rings. The summed E-state index contributed by atoms with van der Waals surface area (Å²) < 4.78 is 0. The lowest BCUT2D eigenvalue weighted by Crippen LogP contribution is -2.32. The van der Waals surface area contributed by atoms with Crippen molar-refractivity contribution in [2.75, 3.05) is 5.75 Å². The molecule has 5 heteroatoms. The van der Waals surface area contributed by atoms with Crippen molar-refractivity contribution in [2.45, 2.75) is 57.5 Å². The van der Waals surface area contributed by atoms with Crippen LogP contribution in [-0.2, 0) is 6.54 Å². The quantitative estimate of drug-likeness (QED) is 0.602. The van der Waals surface area contributed by atoms with E-state index in [0.29, 0.717) is 6.54 Å². The van der Waals surface area contributed by atoms with Gasteiger partial charge in [-0.25, -0.2) is 0 Å². The fourth-order valence-electron chi connectivity index (χ4n) is 2.49. The first kappa shape index (κ1) is 22.4. The molecule has 1 heterocycles. The lowest BCUT2D eigenvalue weighted by molar-refractivity contribution is -0.130. The second kappa shape index (κ2) is 12.6. The number of phenolic OH excluding ortho intramolecular Hbond substituents is 2. The molecule has 2 aromatic carbocycles. The largest absolute Gasteiger partial charge is 0.504 e. The van der Waals surface area contributed by atoms with Crippen LogP contribution >= 0.6 is 11.8 Å². The number of nitrogens with zero attached hydrogens (tertiary/aromatic N) is 1. The number of fused-ring (bicyclic) bond motifs is 1. The molecule has 0 amide bonds. The second-order valence-corrected chi connectivity index (χ2v) is 6.87. The van der Waals surface area contributed by atoms with Crippen LogP contribution in [0.4, 0.5) is 0 Å². The normalized spacial score (nSPS) is 16.2. The molecule has 2 aromatic rings. The van der Waals surface area contributed by atoms with Gasteiger partial charge in [-0.05, 0) is 24.1 Å². The van der Waals surface area contributed by atoms with E-state index in [4.69, 9.17) is 0 Å². The van der Waals surface area contributed by atoms with Gasteiger partial charge in [-0.2, -0.15) is 5.06 Å². The molecule has 3 rings (SSSR count). The average molecular weight is 378 g/mol.